The number of rotatable bonds is 3. The van der Waals surface area contributed by atoms with E-state index < -0.39 is 12.3 Å². The molecule has 0 spiro atoms. The van der Waals surface area contributed by atoms with Crippen LogP contribution in [0.2, 0.25) is 0 Å². The fraction of sp³-hybridized carbons (Fsp3) is 0.176. The van der Waals surface area contributed by atoms with Gasteiger partial charge in [0.15, 0.2) is 6.10 Å². The van der Waals surface area contributed by atoms with Gasteiger partial charge in [-0.1, -0.05) is 48.5 Å². The summed E-state index contributed by atoms with van der Waals surface area (Å²) in [6.07, 6.45) is -1.06. The lowest BCUT2D eigenvalue weighted by Gasteiger charge is -2.17. The van der Waals surface area contributed by atoms with Crippen LogP contribution in [0.3, 0.4) is 0 Å². The van der Waals surface area contributed by atoms with Crippen molar-refractivity contribution >= 4 is 11.9 Å². The average Bonchev–Trinajstić information content (AvgIpc) is 2.92. The number of carbonyl (C=O) groups excluding carboxylic acids is 1. The number of hydrogen-bond donors (Lipinski definition) is 0. The Labute approximate surface area is 123 Å². The highest BCUT2D eigenvalue weighted by Crippen LogP contribution is 2.31. The van der Waals surface area contributed by atoms with Crippen molar-refractivity contribution in [3.05, 3.63) is 71.8 Å². The molecule has 0 saturated heterocycles. The maximum absolute atomic E-state index is 11.3. The second-order valence-corrected chi connectivity index (χ2v) is 4.75. The normalized spacial score (nSPS) is 20.5. The average molecular weight is 281 g/mol. The topological polar surface area (TPSA) is 47.9 Å². The van der Waals surface area contributed by atoms with Gasteiger partial charge in [0.2, 0.25) is 12.1 Å². The van der Waals surface area contributed by atoms with Gasteiger partial charge in [-0.3, -0.25) is 4.79 Å². The standard InChI is InChI=1S/C17H15NO3/c1-12(19)20-17-15(13-8-4-2-5-9-13)21-16(18-17)14-10-6-3-7-11-14/h2-11,15,17H,1H3/t15-,17+/m0/s1. The zero-order chi connectivity index (χ0) is 14.7. The van der Waals surface area contributed by atoms with E-state index in [0.29, 0.717) is 5.90 Å². The molecule has 0 aliphatic carbocycles. The minimum absolute atomic E-state index is 0.373. The van der Waals surface area contributed by atoms with Gasteiger partial charge in [-0.25, -0.2) is 4.99 Å². The van der Waals surface area contributed by atoms with Gasteiger partial charge in [0.05, 0.1) is 0 Å². The lowest BCUT2D eigenvalue weighted by Crippen LogP contribution is -2.20. The molecular formula is C17H15NO3. The first-order valence-corrected chi connectivity index (χ1v) is 6.76. The van der Waals surface area contributed by atoms with Crippen LogP contribution in [-0.4, -0.2) is 18.1 Å². The summed E-state index contributed by atoms with van der Waals surface area (Å²) in [7, 11) is 0. The fourth-order valence-corrected chi connectivity index (χ4v) is 2.25. The van der Waals surface area contributed by atoms with Gasteiger partial charge in [0, 0.05) is 12.5 Å². The molecule has 0 bridgehead atoms. The summed E-state index contributed by atoms with van der Waals surface area (Å²) < 4.78 is 11.2. The third-order valence-corrected chi connectivity index (χ3v) is 3.18. The highest BCUT2D eigenvalue weighted by Gasteiger charge is 2.35. The third kappa shape index (κ3) is 2.94. The Morgan fingerprint density at radius 2 is 1.67 bits per heavy atom. The van der Waals surface area contributed by atoms with E-state index in [2.05, 4.69) is 4.99 Å². The van der Waals surface area contributed by atoms with E-state index in [1.165, 1.54) is 6.92 Å². The molecule has 2 atom stereocenters. The van der Waals surface area contributed by atoms with Crippen LogP contribution in [0.25, 0.3) is 0 Å². The van der Waals surface area contributed by atoms with Crippen molar-refractivity contribution in [2.24, 2.45) is 4.99 Å². The van der Waals surface area contributed by atoms with Crippen LogP contribution in [-0.2, 0) is 14.3 Å². The fourth-order valence-electron chi connectivity index (χ4n) is 2.25. The molecule has 2 aromatic carbocycles. The first kappa shape index (κ1) is 13.4. The number of ether oxygens (including phenoxy) is 2. The van der Waals surface area contributed by atoms with E-state index in [0.717, 1.165) is 11.1 Å². The van der Waals surface area contributed by atoms with Gasteiger partial charge in [-0.15, -0.1) is 0 Å². The number of carbonyl (C=O) groups is 1. The molecule has 0 unspecified atom stereocenters. The van der Waals surface area contributed by atoms with E-state index >= 15 is 0 Å². The Bertz CT molecular complexity index is 652. The highest BCUT2D eigenvalue weighted by atomic mass is 16.6. The second kappa shape index (κ2) is 5.79. The molecule has 1 aliphatic rings. The first-order chi connectivity index (χ1) is 10.2. The number of nitrogens with zero attached hydrogens (tertiary/aromatic N) is 1. The molecule has 0 radical (unpaired) electrons. The van der Waals surface area contributed by atoms with Crippen molar-refractivity contribution in [1.82, 2.24) is 0 Å². The Kier molecular flexibility index (Phi) is 3.69. The molecule has 0 saturated carbocycles. The van der Waals surface area contributed by atoms with Crippen molar-refractivity contribution < 1.29 is 14.3 Å². The van der Waals surface area contributed by atoms with E-state index in [-0.39, 0.29) is 5.97 Å². The zero-order valence-electron chi connectivity index (χ0n) is 11.6. The predicted octanol–water partition coefficient (Wildman–Crippen LogP) is 3.09. The number of hydrogen-bond acceptors (Lipinski definition) is 4. The molecule has 106 valence electrons. The number of benzene rings is 2. The first-order valence-electron chi connectivity index (χ1n) is 6.76. The van der Waals surface area contributed by atoms with Gasteiger partial charge >= 0.3 is 5.97 Å². The Morgan fingerprint density at radius 1 is 1.05 bits per heavy atom. The van der Waals surface area contributed by atoms with Crippen LogP contribution in [0, 0.1) is 0 Å². The predicted molar refractivity (Wildman–Crippen MR) is 78.8 cm³/mol. The summed E-state index contributed by atoms with van der Waals surface area (Å²) in [5.41, 5.74) is 1.80. The van der Waals surface area contributed by atoms with E-state index in [1.807, 2.05) is 60.7 Å². The van der Waals surface area contributed by atoms with Crippen LogP contribution < -0.4 is 0 Å². The van der Waals surface area contributed by atoms with E-state index in [4.69, 9.17) is 9.47 Å². The lowest BCUT2D eigenvalue weighted by molar-refractivity contribution is -0.149. The molecule has 1 aliphatic heterocycles. The molecule has 0 fully saturated rings. The molecule has 2 aromatic rings. The lowest BCUT2D eigenvalue weighted by atomic mass is 10.1. The molecule has 21 heavy (non-hydrogen) atoms. The van der Waals surface area contributed by atoms with Gasteiger partial charge < -0.3 is 9.47 Å². The number of esters is 1. The minimum Gasteiger partial charge on any atom is -0.463 e. The Hall–Kier alpha value is -2.62. The molecule has 3 rings (SSSR count). The summed E-state index contributed by atoms with van der Waals surface area (Å²) in [6.45, 7) is 1.37. The summed E-state index contributed by atoms with van der Waals surface area (Å²) in [5, 5.41) is 0. The summed E-state index contributed by atoms with van der Waals surface area (Å²) >= 11 is 0. The molecule has 0 amide bonds. The van der Waals surface area contributed by atoms with Gasteiger partial charge in [0.25, 0.3) is 0 Å². The van der Waals surface area contributed by atoms with Crippen LogP contribution in [0.4, 0.5) is 0 Å². The minimum atomic E-state index is -0.653. The van der Waals surface area contributed by atoms with E-state index in [9.17, 15) is 4.79 Å². The van der Waals surface area contributed by atoms with Crippen molar-refractivity contribution in [2.75, 3.05) is 0 Å². The van der Waals surface area contributed by atoms with Crippen molar-refractivity contribution in [3.63, 3.8) is 0 Å². The van der Waals surface area contributed by atoms with E-state index in [1.54, 1.807) is 0 Å². The zero-order valence-corrected chi connectivity index (χ0v) is 11.6. The molecule has 4 nitrogen and oxygen atoms in total. The summed E-state index contributed by atoms with van der Waals surface area (Å²) in [5.74, 6) is 0.123. The largest absolute Gasteiger partial charge is 0.463 e. The second-order valence-electron chi connectivity index (χ2n) is 4.75. The van der Waals surface area contributed by atoms with Crippen LogP contribution in [0.5, 0.6) is 0 Å². The van der Waals surface area contributed by atoms with Crippen molar-refractivity contribution in [1.29, 1.82) is 0 Å². The van der Waals surface area contributed by atoms with Crippen LogP contribution in [0.15, 0.2) is 65.7 Å². The van der Waals surface area contributed by atoms with Crippen LogP contribution >= 0.6 is 0 Å². The number of aliphatic imine (C=N–C) groups is 1. The molecule has 0 N–H and O–H groups in total. The van der Waals surface area contributed by atoms with Crippen molar-refractivity contribution in [3.8, 4) is 0 Å². The highest BCUT2D eigenvalue weighted by molar-refractivity contribution is 5.95. The molecule has 0 aromatic heterocycles. The van der Waals surface area contributed by atoms with Gasteiger partial charge in [-0.05, 0) is 17.7 Å². The van der Waals surface area contributed by atoms with Gasteiger partial charge in [0.1, 0.15) is 0 Å². The molecule has 1 heterocycles. The maximum atomic E-state index is 11.3. The van der Waals surface area contributed by atoms with Crippen molar-refractivity contribution in [2.45, 2.75) is 19.3 Å². The Morgan fingerprint density at radius 3 is 2.29 bits per heavy atom. The molecule has 4 heteroatoms. The monoisotopic (exact) mass is 281 g/mol. The molecular weight excluding hydrogens is 266 g/mol. The third-order valence-electron chi connectivity index (χ3n) is 3.18. The van der Waals surface area contributed by atoms with Crippen LogP contribution in [0.1, 0.15) is 24.2 Å². The smallest absolute Gasteiger partial charge is 0.304 e. The Balaban J connectivity index is 1.90. The maximum Gasteiger partial charge on any atom is 0.304 e. The quantitative estimate of drug-likeness (QED) is 0.812. The summed E-state index contributed by atoms with van der Waals surface area (Å²) in [4.78, 5) is 15.7. The SMILES string of the molecule is CC(=O)O[C@H]1N=C(c2ccccc2)O[C@H]1c1ccccc1. The van der Waals surface area contributed by atoms with Gasteiger partial charge in [-0.2, -0.15) is 0 Å². The summed E-state index contributed by atoms with van der Waals surface area (Å²) in [6, 6.07) is 19.2.